The molecule has 0 aliphatic carbocycles. The topological polar surface area (TPSA) is 52.9 Å². The summed E-state index contributed by atoms with van der Waals surface area (Å²) >= 11 is 8.08. The van der Waals surface area contributed by atoms with Gasteiger partial charge in [-0.05, 0) is 59.0 Å². The number of nitrogens with one attached hydrogen (secondary N) is 1. The minimum atomic E-state index is -0.747. The number of hydrogen-bond donors (Lipinski definition) is 1. The average Bonchev–Trinajstić information content (AvgIpc) is 2.41. The molecular weight excluding hydrogens is 394 g/mol. The summed E-state index contributed by atoms with van der Waals surface area (Å²) in [4.78, 5) is 12.0. The Morgan fingerprint density at radius 3 is 2.65 bits per heavy atom. The monoisotopic (exact) mass is 400 g/mol. The van der Waals surface area contributed by atoms with Crippen molar-refractivity contribution < 1.29 is 9.18 Å². The molecule has 20 heavy (non-hydrogen) atoms. The molecule has 0 aliphatic rings. The van der Waals surface area contributed by atoms with Crippen LogP contribution in [0.5, 0.6) is 0 Å². The standard InChI is InChI=1S/C14H7ClFIN2O/c15-11-6-9(17)2-4-13(11)19-14(20)10-3-1-8(7-18)5-12(10)16/h1-6H,(H,19,20). The van der Waals surface area contributed by atoms with Gasteiger partial charge in [0.05, 0.1) is 27.9 Å². The van der Waals surface area contributed by atoms with E-state index in [0.717, 1.165) is 9.64 Å². The summed E-state index contributed by atoms with van der Waals surface area (Å²) in [6.07, 6.45) is 0. The maximum atomic E-state index is 13.7. The zero-order valence-corrected chi connectivity index (χ0v) is 12.9. The van der Waals surface area contributed by atoms with Crippen molar-refractivity contribution in [2.75, 3.05) is 5.32 Å². The SMILES string of the molecule is N#Cc1ccc(C(=O)Nc2ccc(I)cc2Cl)c(F)c1. The van der Waals surface area contributed by atoms with Crippen LogP contribution in [0, 0.1) is 20.7 Å². The van der Waals surface area contributed by atoms with Crippen molar-refractivity contribution in [1.29, 1.82) is 5.26 Å². The molecule has 0 aromatic heterocycles. The fourth-order valence-corrected chi connectivity index (χ4v) is 2.45. The lowest BCUT2D eigenvalue weighted by molar-refractivity contribution is 0.102. The first-order valence-corrected chi connectivity index (χ1v) is 6.93. The van der Waals surface area contributed by atoms with Crippen LogP contribution in [0.1, 0.15) is 15.9 Å². The molecule has 100 valence electrons. The van der Waals surface area contributed by atoms with Gasteiger partial charge in [-0.25, -0.2) is 4.39 Å². The third-order valence-electron chi connectivity index (χ3n) is 2.52. The number of hydrogen-bond acceptors (Lipinski definition) is 2. The second-order valence-corrected chi connectivity index (χ2v) is 5.54. The Bertz CT molecular complexity index is 728. The highest BCUT2D eigenvalue weighted by atomic mass is 127. The highest BCUT2D eigenvalue weighted by molar-refractivity contribution is 14.1. The lowest BCUT2D eigenvalue weighted by Crippen LogP contribution is -2.14. The molecule has 0 fully saturated rings. The smallest absolute Gasteiger partial charge is 0.258 e. The van der Waals surface area contributed by atoms with Crippen molar-refractivity contribution in [2.24, 2.45) is 0 Å². The molecule has 0 unspecified atom stereocenters. The summed E-state index contributed by atoms with van der Waals surface area (Å²) in [6.45, 7) is 0. The Kier molecular flexibility index (Phi) is 4.57. The molecule has 2 rings (SSSR count). The maximum absolute atomic E-state index is 13.7. The van der Waals surface area contributed by atoms with Crippen molar-refractivity contribution in [3.63, 3.8) is 0 Å². The van der Waals surface area contributed by atoms with Gasteiger partial charge in [-0.3, -0.25) is 4.79 Å². The highest BCUT2D eigenvalue weighted by Gasteiger charge is 2.13. The van der Waals surface area contributed by atoms with Crippen LogP contribution in [0.25, 0.3) is 0 Å². The van der Waals surface area contributed by atoms with E-state index in [1.807, 2.05) is 0 Å². The third-order valence-corrected chi connectivity index (χ3v) is 3.51. The first-order chi connectivity index (χ1) is 9.51. The van der Waals surface area contributed by atoms with Crippen LogP contribution < -0.4 is 5.32 Å². The van der Waals surface area contributed by atoms with Gasteiger partial charge >= 0.3 is 0 Å². The van der Waals surface area contributed by atoms with Crippen LogP contribution in [0.2, 0.25) is 5.02 Å². The fraction of sp³-hybridized carbons (Fsp3) is 0. The van der Waals surface area contributed by atoms with E-state index >= 15 is 0 Å². The van der Waals surface area contributed by atoms with Crippen molar-refractivity contribution in [3.8, 4) is 6.07 Å². The molecule has 0 radical (unpaired) electrons. The molecule has 0 aliphatic heterocycles. The molecule has 0 atom stereocenters. The van der Waals surface area contributed by atoms with Crippen LogP contribution in [-0.4, -0.2) is 5.91 Å². The number of rotatable bonds is 2. The summed E-state index contributed by atoms with van der Waals surface area (Å²) < 4.78 is 14.6. The van der Waals surface area contributed by atoms with Crippen LogP contribution in [0.4, 0.5) is 10.1 Å². The molecule has 0 saturated carbocycles. The minimum Gasteiger partial charge on any atom is -0.321 e. The average molecular weight is 401 g/mol. The lowest BCUT2D eigenvalue weighted by atomic mass is 10.1. The molecule has 0 saturated heterocycles. The van der Waals surface area contributed by atoms with Crippen molar-refractivity contribution in [2.45, 2.75) is 0 Å². The summed E-state index contributed by atoms with van der Waals surface area (Å²) in [7, 11) is 0. The maximum Gasteiger partial charge on any atom is 0.258 e. The van der Waals surface area contributed by atoms with Crippen LogP contribution in [0.3, 0.4) is 0 Å². The first-order valence-electron chi connectivity index (χ1n) is 5.47. The van der Waals surface area contributed by atoms with Gasteiger partial charge in [0.2, 0.25) is 0 Å². The minimum absolute atomic E-state index is 0.140. The number of anilines is 1. The lowest BCUT2D eigenvalue weighted by Gasteiger charge is -2.08. The van der Waals surface area contributed by atoms with E-state index in [1.165, 1.54) is 12.1 Å². The molecule has 1 N–H and O–H groups in total. The molecule has 0 bridgehead atoms. The molecule has 0 heterocycles. The number of benzene rings is 2. The summed E-state index contributed by atoms with van der Waals surface area (Å²) in [5.41, 5.74) is 0.422. The quantitative estimate of drug-likeness (QED) is 0.768. The predicted molar refractivity (Wildman–Crippen MR) is 83.2 cm³/mol. The molecule has 6 heteroatoms. The first kappa shape index (κ1) is 14.8. The number of carbonyl (C=O) groups is 1. The molecule has 1 amide bonds. The second kappa shape index (κ2) is 6.20. The third kappa shape index (κ3) is 3.26. The van der Waals surface area contributed by atoms with E-state index in [-0.39, 0.29) is 11.1 Å². The number of carbonyl (C=O) groups excluding carboxylic acids is 1. The largest absolute Gasteiger partial charge is 0.321 e. The Balaban J connectivity index is 2.26. The van der Waals surface area contributed by atoms with E-state index in [2.05, 4.69) is 27.9 Å². The van der Waals surface area contributed by atoms with Gasteiger partial charge in [-0.2, -0.15) is 5.26 Å². The van der Waals surface area contributed by atoms with Gasteiger partial charge in [-0.15, -0.1) is 0 Å². The molecule has 3 nitrogen and oxygen atoms in total. The molecule has 2 aromatic carbocycles. The summed E-state index contributed by atoms with van der Waals surface area (Å²) in [6, 6.07) is 10.6. The Hall–Kier alpha value is -1.65. The Labute approximate surface area is 133 Å². The Morgan fingerprint density at radius 1 is 1.30 bits per heavy atom. The van der Waals surface area contributed by atoms with Gasteiger partial charge in [0.15, 0.2) is 0 Å². The van der Waals surface area contributed by atoms with Gasteiger partial charge in [0, 0.05) is 3.57 Å². The second-order valence-electron chi connectivity index (χ2n) is 3.88. The van der Waals surface area contributed by atoms with E-state index in [1.54, 1.807) is 24.3 Å². The van der Waals surface area contributed by atoms with Gasteiger partial charge in [0.1, 0.15) is 5.82 Å². The van der Waals surface area contributed by atoms with Gasteiger partial charge in [0.25, 0.3) is 5.91 Å². The van der Waals surface area contributed by atoms with Crippen molar-refractivity contribution in [1.82, 2.24) is 0 Å². The van der Waals surface area contributed by atoms with E-state index in [4.69, 9.17) is 16.9 Å². The molecule has 2 aromatic rings. The number of amides is 1. The summed E-state index contributed by atoms with van der Waals surface area (Å²) in [5.74, 6) is -1.36. The van der Waals surface area contributed by atoms with Crippen molar-refractivity contribution >= 4 is 45.8 Å². The zero-order valence-electron chi connectivity index (χ0n) is 9.95. The van der Waals surface area contributed by atoms with Crippen LogP contribution in [0.15, 0.2) is 36.4 Å². The molecular formula is C14H7ClFIN2O. The summed E-state index contributed by atoms with van der Waals surface area (Å²) in [5, 5.41) is 11.6. The van der Waals surface area contributed by atoms with Crippen LogP contribution >= 0.6 is 34.2 Å². The van der Waals surface area contributed by atoms with E-state index in [9.17, 15) is 9.18 Å². The predicted octanol–water partition coefficient (Wildman–Crippen LogP) is 4.21. The van der Waals surface area contributed by atoms with Crippen molar-refractivity contribution in [3.05, 3.63) is 61.9 Å². The number of nitriles is 1. The van der Waals surface area contributed by atoms with Gasteiger partial charge in [-0.1, -0.05) is 11.6 Å². The van der Waals surface area contributed by atoms with Crippen LogP contribution in [-0.2, 0) is 0 Å². The molecule has 0 spiro atoms. The Morgan fingerprint density at radius 2 is 2.05 bits per heavy atom. The van der Waals surface area contributed by atoms with E-state index < -0.39 is 11.7 Å². The zero-order chi connectivity index (χ0) is 14.7. The highest BCUT2D eigenvalue weighted by Crippen LogP contribution is 2.24. The number of nitrogens with zero attached hydrogens (tertiary/aromatic N) is 1. The van der Waals surface area contributed by atoms with E-state index in [0.29, 0.717) is 10.7 Å². The van der Waals surface area contributed by atoms with Gasteiger partial charge < -0.3 is 5.32 Å². The fourth-order valence-electron chi connectivity index (χ4n) is 1.55. The number of halogens is 3. The normalized spacial score (nSPS) is 9.90.